The van der Waals surface area contributed by atoms with Crippen LogP contribution in [0.2, 0.25) is 0 Å². The lowest BCUT2D eigenvalue weighted by atomic mass is 10.2. The van der Waals surface area contributed by atoms with E-state index in [1.54, 1.807) is 9.66 Å². The number of sulfonamides is 2. The quantitative estimate of drug-likeness (QED) is 0.344. The van der Waals surface area contributed by atoms with Crippen molar-refractivity contribution in [2.75, 3.05) is 5.32 Å². The molecule has 0 saturated carbocycles. The van der Waals surface area contributed by atoms with Gasteiger partial charge in [0.15, 0.2) is 0 Å². The maximum atomic E-state index is 12.4. The standard InChI is InChI=1S/C16H15N3O9S2/c1-9(20)17-14-6-5-12(8-13(14)16(23)24)30(27,28)19-18-29(25,26)11-4-2-3-10(7-11)15(21)22/h2-8,18-19H,1H3,(H,17,20)(H,21,22)(H,23,24). The molecule has 2 aromatic carbocycles. The van der Waals surface area contributed by atoms with Crippen LogP contribution in [0.25, 0.3) is 0 Å². The molecule has 0 spiro atoms. The summed E-state index contributed by atoms with van der Waals surface area (Å²) < 4.78 is 49.3. The molecule has 14 heteroatoms. The third-order valence-corrected chi connectivity index (χ3v) is 6.16. The first-order valence-electron chi connectivity index (χ1n) is 7.85. The zero-order valence-corrected chi connectivity index (χ0v) is 16.7. The third-order valence-electron chi connectivity index (χ3n) is 3.54. The molecular weight excluding hydrogens is 442 g/mol. The number of carbonyl (C=O) groups excluding carboxylic acids is 1. The molecule has 0 aromatic heterocycles. The number of anilines is 1. The third kappa shape index (κ3) is 5.38. The Bertz CT molecular complexity index is 1240. The maximum absolute atomic E-state index is 12.4. The Morgan fingerprint density at radius 2 is 1.37 bits per heavy atom. The minimum absolute atomic E-state index is 0.153. The average Bonchev–Trinajstić information content (AvgIpc) is 2.66. The van der Waals surface area contributed by atoms with Gasteiger partial charge in [0.1, 0.15) is 0 Å². The molecule has 160 valence electrons. The van der Waals surface area contributed by atoms with E-state index in [4.69, 9.17) is 5.11 Å². The molecule has 0 unspecified atom stereocenters. The summed E-state index contributed by atoms with van der Waals surface area (Å²) in [5, 5.41) is 20.4. The van der Waals surface area contributed by atoms with E-state index in [1.165, 1.54) is 0 Å². The first-order chi connectivity index (χ1) is 13.8. The van der Waals surface area contributed by atoms with Gasteiger partial charge in [-0.2, -0.15) is 0 Å². The van der Waals surface area contributed by atoms with Crippen LogP contribution in [-0.4, -0.2) is 44.9 Å². The topological polar surface area (TPSA) is 196 Å². The molecule has 0 bridgehead atoms. The monoisotopic (exact) mass is 457 g/mol. The molecule has 0 fully saturated rings. The summed E-state index contributed by atoms with van der Waals surface area (Å²) in [6, 6.07) is 6.90. The molecule has 0 aliphatic heterocycles. The van der Waals surface area contributed by atoms with Gasteiger partial charge in [-0.3, -0.25) is 4.79 Å². The summed E-state index contributed by atoms with van der Waals surface area (Å²) in [5.74, 6) is -3.49. The van der Waals surface area contributed by atoms with Crippen LogP contribution in [0.15, 0.2) is 52.3 Å². The normalized spacial score (nSPS) is 11.6. The minimum atomic E-state index is -4.56. The molecule has 30 heavy (non-hydrogen) atoms. The SMILES string of the molecule is CC(=O)Nc1ccc(S(=O)(=O)NNS(=O)(=O)c2cccc(C(=O)O)c2)cc1C(=O)O. The highest BCUT2D eigenvalue weighted by atomic mass is 32.2. The summed E-state index contributed by atoms with van der Waals surface area (Å²) in [4.78, 5) is 35.5. The Hall–Kier alpha value is -3.33. The van der Waals surface area contributed by atoms with Crippen molar-refractivity contribution in [3.8, 4) is 0 Å². The van der Waals surface area contributed by atoms with Gasteiger partial charge in [0.25, 0.3) is 20.0 Å². The number of aromatic carboxylic acids is 2. The van der Waals surface area contributed by atoms with Crippen molar-refractivity contribution in [2.45, 2.75) is 16.7 Å². The van der Waals surface area contributed by atoms with Crippen molar-refractivity contribution in [3.63, 3.8) is 0 Å². The van der Waals surface area contributed by atoms with Gasteiger partial charge in [-0.15, -0.1) is 9.66 Å². The number of carboxylic acid groups (broad SMARTS) is 2. The second kappa shape index (κ2) is 8.58. The molecule has 12 nitrogen and oxygen atoms in total. The second-order valence-electron chi connectivity index (χ2n) is 5.74. The fraction of sp³-hybridized carbons (Fsp3) is 0.0625. The highest BCUT2D eigenvalue weighted by Gasteiger charge is 2.23. The number of nitrogens with one attached hydrogen (secondary N) is 3. The molecular formula is C16H15N3O9S2. The molecule has 0 aliphatic rings. The largest absolute Gasteiger partial charge is 0.478 e. The number of rotatable bonds is 8. The van der Waals surface area contributed by atoms with Gasteiger partial charge in [0.05, 0.1) is 26.6 Å². The highest BCUT2D eigenvalue weighted by Crippen LogP contribution is 2.21. The summed E-state index contributed by atoms with van der Waals surface area (Å²) in [5.41, 5.74) is -1.02. The first kappa shape index (κ1) is 23.0. The van der Waals surface area contributed by atoms with Gasteiger partial charge in [-0.05, 0) is 36.4 Å². The predicted octanol–water partition coefficient (Wildman–Crippen LogP) is 0.213. The van der Waals surface area contributed by atoms with Crippen molar-refractivity contribution in [3.05, 3.63) is 53.6 Å². The fourth-order valence-electron chi connectivity index (χ4n) is 2.19. The zero-order chi connectivity index (χ0) is 22.7. The van der Waals surface area contributed by atoms with Gasteiger partial charge in [0, 0.05) is 6.92 Å². The molecule has 1 amide bonds. The van der Waals surface area contributed by atoms with E-state index >= 15 is 0 Å². The van der Waals surface area contributed by atoms with E-state index in [0.717, 1.165) is 49.4 Å². The van der Waals surface area contributed by atoms with Crippen molar-refractivity contribution in [2.24, 2.45) is 0 Å². The van der Waals surface area contributed by atoms with E-state index in [1.807, 2.05) is 0 Å². The van der Waals surface area contributed by atoms with Crippen molar-refractivity contribution in [1.82, 2.24) is 9.66 Å². The smallest absolute Gasteiger partial charge is 0.337 e. The lowest BCUT2D eigenvalue weighted by Gasteiger charge is -2.12. The van der Waals surface area contributed by atoms with Crippen LogP contribution in [0.1, 0.15) is 27.6 Å². The summed E-state index contributed by atoms with van der Waals surface area (Å²) in [6.45, 7) is 1.13. The number of amides is 1. The van der Waals surface area contributed by atoms with Crippen LogP contribution in [-0.2, 0) is 24.8 Å². The number of hydrogen-bond acceptors (Lipinski definition) is 7. The van der Waals surface area contributed by atoms with E-state index in [0.29, 0.717) is 0 Å². The zero-order valence-electron chi connectivity index (χ0n) is 15.1. The molecule has 0 atom stereocenters. The lowest BCUT2D eigenvalue weighted by Crippen LogP contribution is -2.41. The number of benzene rings is 2. The highest BCUT2D eigenvalue weighted by molar-refractivity contribution is 7.92. The molecule has 2 aromatic rings. The summed E-state index contributed by atoms with van der Waals surface area (Å²) >= 11 is 0. The van der Waals surface area contributed by atoms with E-state index in [2.05, 4.69) is 5.32 Å². The summed E-state index contributed by atoms with van der Waals surface area (Å²) in [7, 11) is -9.05. The van der Waals surface area contributed by atoms with Crippen molar-refractivity contribution in [1.29, 1.82) is 0 Å². The Labute approximate surface area is 170 Å². The van der Waals surface area contributed by atoms with Crippen LogP contribution in [0.5, 0.6) is 0 Å². The fourth-order valence-corrected chi connectivity index (χ4v) is 4.36. The van der Waals surface area contributed by atoms with Crippen LogP contribution in [0, 0.1) is 0 Å². The number of carbonyl (C=O) groups is 3. The molecule has 5 N–H and O–H groups in total. The van der Waals surface area contributed by atoms with Gasteiger partial charge in [-0.1, -0.05) is 6.07 Å². The Morgan fingerprint density at radius 1 is 0.800 bits per heavy atom. The van der Waals surface area contributed by atoms with Gasteiger partial charge >= 0.3 is 11.9 Å². The summed E-state index contributed by atoms with van der Waals surface area (Å²) in [6.07, 6.45) is 0. The van der Waals surface area contributed by atoms with E-state index < -0.39 is 53.2 Å². The Kier molecular flexibility index (Phi) is 6.57. The van der Waals surface area contributed by atoms with Gasteiger partial charge in [0.2, 0.25) is 5.91 Å². The average molecular weight is 457 g/mol. The molecule has 0 aliphatic carbocycles. The van der Waals surface area contributed by atoms with E-state index in [-0.39, 0.29) is 11.3 Å². The minimum Gasteiger partial charge on any atom is -0.478 e. The van der Waals surface area contributed by atoms with Crippen LogP contribution < -0.4 is 15.0 Å². The Morgan fingerprint density at radius 3 is 1.87 bits per heavy atom. The number of hydrogen-bond donors (Lipinski definition) is 5. The predicted molar refractivity (Wildman–Crippen MR) is 102 cm³/mol. The number of hydrazine groups is 1. The van der Waals surface area contributed by atoms with Crippen LogP contribution >= 0.6 is 0 Å². The lowest BCUT2D eigenvalue weighted by molar-refractivity contribution is -0.114. The van der Waals surface area contributed by atoms with Gasteiger partial charge in [-0.25, -0.2) is 26.4 Å². The van der Waals surface area contributed by atoms with E-state index in [9.17, 15) is 36.3 Å². The maximum Gasteiger partial charge on any atom is 0.337 e. The molecule has 0 heterocycles. The molecule has 0 saturated heterocycles. The second-order valence-corrected chi connectivity index (χ2v) is 9.10. The first-order valence-corrected chi connectivity index (χ1v) is 10.8. The molecule has 2 rings (SSSR count). The van der Waals surface area contributed by atoms with Gasteiger partial charge < -0.3 is 15.5 Å². The number of carboxylic acids is 2. The van der Waals surface area contributed by atoms with Crippen LogP contribution in [0.4, 0.5) is 5.69 Å². The Balaban J connectivity index is 2.31. The van der Waals surface area contributed by atoms with Crippen molar-refractivity contribution >= 4 is 43.6 Å². The molecule has 0 radical (unpaired) electrons. The van der Waals surface area contributed by atoms with Crippen molar-refractivity contribution < 1.29 is 41.4 Å². The van der Waals surface area contributed by atoms with Crippen LogP contribution in [0.3, 0.4) is 0 Å².